The minimum absolute atomic E-state index is 0.502. The van der Waals surface area contributed by atoms with Gasteiger partial charge in [0.1, 0.15) is 9.79 Å². The number of nitrogens with one attached hydrogen (secondary N) is 2. The molecule has 4 aromatic carbocycles. The highest BCUT2D eigenvalue weighted by molar-refractivity contribution is 7.93. The maximum Gasteiger partial charge on any atom is 0.416 e. The number of rotatable bonds is 8. The van der Waals surface area contributed by atoms with Crippen LogP contribution in [0.4, 0.5) is 37.7 Å². The van der Waals surface area contributed by atoms with E-state index in [1.165, 1.54) is 0 Å². The monoisotopic (exact) mass is 732 g/mol. The van der Waals surface area contributed by atoms with Crippen LogP contribution in [0.2, 0.25) is 10.0 Å². The van der Waals surface area contributed by atoms with Gasteiger partial charge in [0.25, 0.3) is 20.0 Å². The van der Waals surface area contributed by atoms with Gasteiger partial charge in [-0.05, 0) is 72.8 Å². The number of alkyl halides is 6. The molecule has 19 heteroatoms. The summed E-state index contributed by atoms with van der Waals surface area (Å²) in [6.45, 7) is 0. The molecule has 0 aliphatic rings. The van der Waals surface area contributed by atoms with Crippen molar-refractivity contribution in [1.82, 2.24) is 0 Å². The van der Waals surface area contributed by atoms with Gasteiger partial charge in [0.15, 0.2) is 0 Å². The predicted molar refractivity (Wildman–Crippen MR) is 153 cm³/mol. The van der Waals surface area contributed by atoms with Gasteiger partial charge in [-0.25, -0.2) is 25.3 Å². The number of sulfonamides is 2. The standard InChI is InChI=1S/C26H16Cl2F6N2O6S3/c27-21-9-7-19(13-23(21)44(39,40)35-17-5-1-3-15(11-17)25(29,30)31)43(37,38)20-8-10-22(28)24(14-20)45(41,42)36-18-6-2-4-16(12-18)26(32,33)34/h1-14,35-36H. The summed E-state index contributed by atoms with van der Waals surface area (Å²) in [7, 11) is -14.3. The molecule has 0 fully saturated rings. The van der Waals surface area contributed by atoms with E-state index in [1.807, 2.05) is 9.44 Å². The van der Waals surface area contributed by atoms with Crippen LogP contribution >= 0.6 is 23.2 Å². The average Bonchev–Trinajstić information content (AvgIpc) is 2.92. The first-order valence-corrected chi connectivity index (χ1v) is 17.1. The summed E-state index contributed by atoms with van der Waals surface area (Å²) in [4.78, 5) is -3.10. The summed E-state index contributed by atoms with van der Waals surface area (Å²) in [5.41, 5.74) is -3.34. The first kappa shape index (κ1) is 34.4. The molecule has 8 nitrogen and oxygen atoms in total. The van der Waals surface area contributed by atoms with Gasteiger partial charge in [0.2, 0.25) is 9.84 Å². The Labute approximate surface area is 262 Å². The quantitative estimate of drug-likeness (QED) is 0.181. The Balaban J connectivity index is 1.71. The third kappa shape index (κ3) is 7.66. The van der Waals surface area contributed by atoms with Gasteiger partial charge in [-0.15, -0.1) is 0 Å². The lowest BCUT2D eigenvalue weighted by molar-refractivity contribution is -0.138. The third-order valence-corrected chi connectivity index (χ3v) is 11.4. The molecule has 0 amide bonds. The van der Waals surface area contributed by atoms with Gasteiger partial charge in [-0.2, -0.15) is 26.3 Å². The molecule has 4 aromatic rings. The Kier molecular flexibility index (Phi) is 9.18. The number of hydrogen-bond acceptors (Lipinski definition) is 6. The lowest BCUT2D eigenvalue weighted by atomic mass is 10.2. The van der Waals surface area contributed by atoms with E-state index in [0.29, 0.717) is 36.4 Å². The third-order valence-electron chi connectivity index (χ3n) is 5.89. The molecule has 0 saturated carbocycles. The molecule has 0 unspecified atom stereocenters. The van der Waals surface area contributed by atoms with Gasteiger partial charge >= 0.3 is 12.4 Å². The van der Waals surface area contributed by atoms with Crippen molar-refractivity contribution in [3.63, 3.8) is 0 Å². The second-order valence-corrected chi connectivity index (χ2v) is 15.1. The molecule has 0 spiro atoms. The highest BCUT2D eigenvalue weighted by atomic mass is 35.5. The van der Waals surface area contributed by atoms with Crippen molar-refractivity contribution >= 4 is 64.5 Å². The molecular formula is C26H16Cl2F6N2O6S3. The van der Waals surface area contributed by atoms with Crippen LogP contribution in [-0.4, -0.2) is 25.3 Å². The fraction of sp³-hybridized carbons (Fsp3) is 0.0769. The molecule has 0 heterocycles. The molecule has 2 N–H and O–H groups in total. The number of benzene rings is 4. The van der Waals surface area contributed by atoms with E-state index in [-0.39, 0.29) is 0 Å². The smallest absolute Gasteiger partial charge is 0.280 e. The van der Waals surface area contributed by atoms with Crippen LogP contribution in [0.3, 0.4) is 0 Å². The zero-order chi connectivity index (χ0) is 33.6. The van der Waals surface area contributed by atoms with Crippen LogP contribution in [0, 0.1) is 0 Å². The number of hydrogen-bond donors (Lipinski definition) is 2. The molecule has 0 saturated heterocycles. The fourth-order valence-corrected chi connectivity index (χ4v) is 8.40. The largest absolute Gasteiger partial charge is 0.416 e. The lowest BCUT2D eigenvalue weighted by Gasteiger charge is -2.14. The van der Waals surface area contributed by atoms with Gasteiger partial charge in [-0.1, -0.05) is 35.3 Å². The number of sulfone groups is 1. The number of anilines is 2. The van der Waals surface area contributed by atoms with Gasteiger partial charge < -0.3 is 0 Å². The number of halogens is 8. The van der Waals surface area contributed by atoms with E-state index < -0.39 is 94.4 Å². The van der Waals surface area contributed by atoms with Gasteiger partial charge in [0.05, 0.1) is 31.0 Å². The zero-order valence-electron chi connectivity index (χ0n) is 21.8. The maximum atomic E-state index is 13.5. The van der Waals surface area contributed by atoms with E-state index in [9.17, 15) is 51.6 Å². The molecule has 4 rings (SSSR count). The normalized spacial score (nSPS) is 13.0. The summed E-state index contributed by atoms with van der Waals surface area (Å²) < 4.78 is 161. The highest BCUT2D eigenvalue weighted by Crippen LogP contribution is 2.35. The first-order chi connectivity index (χ1) is 20.6. The molecular weight excluding hydrogens is 717 g/mol. The van der Waals surface area contributed by atoms with Crippen LogP contribution in [0.1, 0.15) is 11.1 Å². The molecule has 0 aliphatic heterocycles. The molecule has 240 valence electrons. The average molecular weight is 734 g/mol. The Morgan fingerprint density at radius 2 is 0.867 bits per heavy atom. The minimum Gasteiger partial charge on any atom is -0.280 e. The molecule has 0 radical (unpaired) electrons. The van der Waals surface area contributed by atoms with E-state index >= 15 is 0 Å². The second-order valence-electron chi connectivity index (χ2n) is 9.06. The van der Waals surface area contributed by atoms with Crippen molar-refractivity contribution in [3.8, 4) is 0 Å². The SMILES string of the molecule is O=S(=O)(Nc1cccc(C(F)(F)F)c1)c1cc(S(=O)(=O)c2ccc(Cl)c(S(=O)(=O)Nc3cccc(C(F)(F)F)c3)c2)ccc1Cl. The maximum absolute atomic E-state index is 13.5. The summed E-state index contributed by atoms with van der Waals surface area (Å²) in [5.74, 6) is 0. The van der Waals surface area contributed by atoms with Crippen molar-refractivity contribution in [3.05, 3.63) is 106 Å². The molecule has 0 aliphatic carbocycles. The Hall–Kier alpha value is -3.51. The van der Waals surface area contributed by atoms with Crippen LogP contribution in [-0.2, 0) is 42.2 Å². The molecule has 0 atom stereocenters. The van der Waals surface area contributed by atoms with Crippen LogP contribution in [0.5, 0.6) is 0 Å². The molecule has 0 aromatic heterocycles. The van der Waals surface area contributed by atoms with E-state index in [1.54, 1.807) is 0 Å². The van der Waals surface area contributed by atoms with Crippen LogP contribution in [0.25, 0.3) is 0 Å². The minimum atomic E-state index is -4.79. The van der Waals surface area contributed by atoms with Gasteiger partial charge in [0, 0.05) is 11.4 Å². The van der Waals surface area contributed by atoms with E-state index in [4.69, 9.17) is 23.2 Å². The van der Waals surface area contributed by atoms with Crippen LogP contribution in [0.15, 0.2) is 105 Å². The summed E-state index contributed by atoms with van der Waals surface area (Å²) >= 11 is 12.0. The van der Waals surface area contributed by atoms with E-state index in [0.717, 1.165) is 48.5 Å². The predicted octanol–water partition coefficient (Wildman–Crippen LogP) is 7.47. The van der Waals surface area contributed by atoms with Crippen LogP contribution < -0.4 is 9.44 Å². The van der Waals surface area contributed by atoms with Crippen molar-refractivity contribution in [2.75, 3.05) is 9.44 Å². The van der Waals surface area contributed by atoms with Crippen molar-refractivity contribution in [2.24, 2.45) is 0 Å². The van der Waals surface area contributed by atoms with Gasteiger partial charge in [-0.3, -0.25) is 9.44 Å². The summed E-state index contributed by atoms with van der Waals surface area (Å²) in [5, 5.41) is -1.00. The Morgan fingerprint density at radius 1 is 0.511 bits per heavy atom. The lowest BCUT2D eigenvalue weighted by Crippen LogP contribution is -2.16. The zero-order valence-corrected chi connectivity index (χ0v) is 25.7. The van der Waals surface area contributed by atoms with Crippen molar-refractivity contribution in [2.45, 2.75) is 31.9 Å². The molecule has 45 heavy (non-hydrogen) atoms. The Bertz CT molecular complexity index is 1980. The van der Waals surface area contributed by atoms with Crippen molar-refractivity contribution < 1.29 is 51.6 Å². The second kappa shape index (κ2) is 12.0. The molecule has 0 bridgehead atoms. The van der Waals surface area contributed by atoms with E-state index in [2.05, 4.69) is 0 Å². The fourth-order valence-electron chi connectivity index (χ4n) is 3.79. The topological polar surface area (TPSA) is 126 Å². The first-order valence-electron chi connectivity index (χ1n) is 11.9. The van der Waals surface area contributed by atoms with Crippen molar-refractivity contribution in [1.29, 1.82) is 0 Å². The summed E-state index contributed by atoms with van der Waals surface area (Å²) in [6.07, 6.45) is -9.58. The summed E-state index contributed by atoms with van der Waals surface area (Å²) in [6, 6.07) is 11.1. The Morgan fingerprint density at radius 3 is 1.20 bits per heavy atom. The highest BCUT2D eigenvalue weighted by Gasteiger charge is 2.33.